The number of anilines is 1. The number of hydrogen-bond acceptors (Lipinski definition) is 3. The summed E-state index contributed by atoms with van der Waals surface area (Å²) in [6.07, 6.45) is 6.68. The van der Waals surface area contributed by atoms with Gasteiger partial charge in [-0.15, -0.1) is 0 Å². The number of hydrogen-bond donors (Lipinski definition) is 2. The number of rotatable bonds is 4. The fraction of sp³-hybridized carbons (Fsp3) is 0.474. The van der Waals surface area contributed by atoms with E-state index in [0.717, 1.165) is 13.0 Å². The molecule has 0 radical (unpaired) electrons. The lowest BCUT2D eigenvalue weighted by atomic mass is 9.99. The number of nitrogens with one attached hydrogen (secondary N) is 2. The third kappa shape index (κ3) is 3.85. The van der Waals surface area contributed by atoms with Gasteiger partial charge in [0.25, 0.3) is 0 Å². The second kappa shape index (κ2) is 7.27. The molecule has 1 aromatic carbocycles. The quantitative estimate of drug-likeness (QED) is 0.900. The van der Waals surface area contributed by atoms with Gasteiger partial charge in [0.15, 0.2) is 5.82 Å². The van der Waals surface area contributed by atoms with Crippen LogP contribution in [-0.4, -0.2) is 45.9 Å². The maximum absolute atomic E-state index is 12.3. The summed E-state index contributed by atoms with van der Waals surface area (Å²) in [5.41, 5.74) is 1.19. The number of nitrogens with zero attached hydrogens (tertiary/aromatic N) is 3. The molecule has 0 aliphatic carbocycles. The molecule has 2 saturated heterocycles. The fourth-order valence-electron chi connectivity index (χ4n) is 4.02. The highest BCUT2D eigenvalue weighted by atomic mass is 16.2. The first kappa shape index (κ1) is 16.1. The molecule has 132 valence electrons. The average Bonchev–Trinajstić information content (AvgIpc) is 3.23. The Kier molecular flexibility index (Phi) is 4.70. The Hall–Kier alpha value is -2.34. The highest BCUT2D eigenvalue weighted by molar-refractivity contribution is 5.88. The van der Waals surface area contributed by atoms with Crippen LogP contribution in [0.5, 0.6) is 0 Å². The van der Waals surface area contributed by atoms with Crippen molar-refractivity contribution in [2.75, 3.05) is 18.4 Å². The van der Waals surface area contributed by atoms with Crippen LogP contribution in [0.2, 0.25) is 0 Å². The Labute approximate surface area is 148 Å². The van der Waals surface area contributed by atoms with E-state index >= 15 is 0 Å². The van der Waals surface area contributed by atoms with Crippen LogP contribution in [-0.2, 0) is 6.54 Å². The fourth-order valence-corrected chi connectivity index (χ4v) is 4.02. The van der Waals surface area contributed by atoms with E-state index in [2.05, 4.69) is 32.8 Å². The van der Waals surface area contributed by atoms with E-state index in [1.54, 1.807) is 0 Å². The van der Waals surface area contributed by atoms with Crippen molar-refractivity contribution < 1.29 is 4.79 Å². The third-order valence-corrected chi connectivity index (χ3v) is 5.24. The predicted molar refractivity (Wildman–Crippen MR) is 97.5 cm³/mol. The first-order valence-electron chi connectivity index (χ1n) is 9.17. The van der Waals surface area contributed by atoms with Crippen LogP contribution in [0.4, 0.5) is 10.6 Å². The SMILES string of the molecule is O=C(Nc1ccn(Cc2ccccc2)n1)N[C@H]1CCN2CCCC[C@H]12. The molecule has 4 rings (SSSR count). The number of carbonyl (C=O) groups excluding carboxylic acids is 1. The minimum absolute atomic E-state index is 0.151. The van der Waals surface area contributed by atoms with Crippen molar-refractivity contribution in [1.29, 1.82) is 0 Å². The number of aromatic nitrogens is 2. The largest absolute Gasteiger partial charge is 0.333 e. The maximum atomic E-state index is 12.3. The molecule has 6 heteroatoms. The van der Waals surface area contributed by atoms with Crippen molar-refractivity contribution >= 4 is 11.8 Å². The van der Waals surface area contributed by atoms with Gasteiger partial charge in [0.2, 0.25) is 0 Å². The zero-order valence-corrected chi connectivity index (χ0v) is 14.4. The van der Waals surface area contributed by atoms with Gasteiger partial charge in [-0.2, -0.15) is 5.10 Å². The summed E-state index contributed by atoms with van der Waals surface area (Å²) in [5.74, 6) is 0.590. The first-order valence-corrected chi connectivity index (χ1v) is 9.17. The van der Waals surface area contributed by atoms with Crippen molar-refractivity contribution in [2.45, 2.75) is 44.3 Å². The standard InChI is InChI=1S/C19H25N5O/c25-19(20-16-9-12-23-11-5-4-8-17(16)23)21-18-10-13-24(22-18)14-15-6-2-1-3-7-15/h1-3,6-7,10,13,16-17H,4-5,8-9,11-12,14H2,(H2,20,21,22,25)/t16-,17+/m0/s1. The van der Waals surface area contributed by atoms with Gasteiger partial charge in [0.1, 0.15) is 0 Å². The minimum Gasteiger partial charge on any atom is -0.333 e. The van der Waals surface area contributed by atoms with Crippen LogP contribution in [0.25, 0.3) is 0 Å². The molecular formula is C19H25N5O. The smallest absolute Gasteiger partial charge is 0.320 e. The van der Waals surface area contributed by atoms with Crippen LogP contribution in [0, 0.1) is 0 Å². The third-order valence-electron chi connectivity index (χ3n) is 5.24. The Morgan fingerprint density at radius 2 is 2.00 bits per heavy atom. The topological polar surface area (TPSA) is 62.2 Å². The molecule has 2 aromatic rings. The molecule has 2 atom stereocenters. The Bertz CT molecular complexity index is 714. The van der Waals surface area contributed by atoms with Crippen LogP contribution >= 0.6 is 0 Å². The van der Waals surface area contributed by atoms with Crippen LogP contribution < -0.4 is 10.6 Å². The average molecular weight is 339 g/mol. The zero-order valence-electron chi connectivity index (χ0n) is 14.4. The molecule has 0 unspecified atom stereocenters. The van der Waals surface area contributed by atoms with E-state index < -0.39 is 0 Å². The Morgan fingerprint density at radius 3 is 2.88 bits per heavy atom. The first-order chi connectivity index (χ1) is 12.3. The number of piperidine rings is 1. The van der Waals surface area contributed by atoms with Gasteiger partial charge in [-0.3, -0.25) is 14.9 Å². The number of urea groups is 1. The molecule has 2 N–H and O–H groups in total. The highest BCUT2D eigenvalue weighted by Gasteiger charge is 2.36. The summed E-state index contributed by atoms with van der Waals surface area (Å²) >= 11 is 0. The summed E-state index contributed by atoms with van der Waals surface area (Å²) in [6.45, 7) is 2.97. The van der Waals surface area contributed by atoms with Gasteiger partial charge in [0, 0.05) is 30.9 Å². The molecule has 25 heavy (non-hydrogen) atoms. The van der Waals surface area contributed by atoms with Gasteiger partial charge in [-0.1, -0.05) is 36.8 Å². The van der Waals surface area contributed by atoms with Crippen LogP contribution in [0.1, 0.15) is 31.2 Å². The minimum atomic E-state index is -0.151. The summed E-state index contributed by atoms with van der Waals surface area (Å²) in [7, 11) is 0. The maximum Gasteiger partial charge on any atom is 0.320 e. The summed E-state index contributed by atoms with van der Waals surface area (Å²) in [5, 5.41) is 10.5. The van der Waals surface area contributed by atoms with Gasteiger partial charge in [-0.25, -0.2) is 4.79 Å². The zero-order chi connectivity index (χ0) is 17.1. The van der Waals surface area contributed by atoms with Crippen molar-refractivity contribution in [3.05, 3.63) is 48.2 Å². The predicted octanol–water partition coefficient (Wildman–Crippen LogP) is 2.68. The molecule has 2 fully saturated rings. The van der Waals surface area contributed by atoms with Crippen molar-refractivity contribution in [1.82, 2.24) is 20.0 Å². The summed E-state index contributed by atoms with van der Waals surface area (Å²) in [6, 6.07) is 12.6. The monoisotopic (exact) mass is 339 g/mol. The second-order valence-corrected chi connectivity index (χ2v) is 6.98. The number of fused-ring (bicyclic) bond motifs is 1. The van der Waals surface area contributed by atoms with E-state index in [0.29, 0.717) is 18.4 Å². The van der Waals surface area contributed by atoms with Crippen molar-refractivity contribution in [3.8, 4) is 0 Å². The van der Waals surface area contributed by atoms with Gasteiger partial charge in [-0.05, 0) is 31.4 Å². The molecule has 2 aliphatic rings. The normalized spacial score (nSPS) is 23.2. The van der Waals surface area contributed by atoms with E-state index in [4.69, 9.17) is 0 Å². The lowest BCUT2D eigenvalue weighted by Gasteiger charge is -2.32. The lowest BCUT2D eigenvalue weighted by Crippen LogP contribution is -2.48. The van der Waals surface area contributed by atoms with E-state index in [9.17, 15) is 4.79 Å². The molecule has 3 heterocycles. The molecule has 0 bridgehead atoms. The Morgan fingerprint density at radius 1 is 1.12 bits per heavy atom. The van der Waals surface area contributed by atoms with Gasteiger partial charge >= 0.3 is 6.03 Å². The van der Waals surface area contributed by atoms with E-state index in [1.807, 2.05) is 35.1 Å². The molecule has 2 amide bonds. The molecule has 0 spiro atoms. The molecule has 6 nitrogen and oxygen atoms in total. The molecule has 0 saturated carbocycles. The molecule has 1 aromatic heterocycles. The Balaban J connectivity index is 1.31. The van der Waals surface area contributed by atoms with Gasteiger partial charge in [0.05, 0.1) is 6.54 Å². The lowest BCUT2D eigenvalue weighted by molar-refractivity contribution is 0.180. The van der Waals surface area contributed by atoms with E-state index in [-0.39, 0.29) is 12.1 Å². The molecule has 2 aliphatic heterocycles. The van der Waals surface area contributed by atoms with E-state index in [1.165, 1.54) is 31.4 Å². The van der Waals surface area contributed by atoms with Crippen molar-refractivity contribution in [3.63, 3.8) is 0 Å². The molecular weight excluding hydrogens is 314 g/mol. The number of amides is 2. The van der Waals surface area contributed by atoms with Gasteiger partial charge < -0.3 is 5.32 Å². The van der Waals surface area contributed by atoms with Crippen LogP contribution in [0.15, 0.2) is 42.6 Å². The number of carbonyl (C=O) groups is 1. The van der Waals surface area contributed by atoms with Crippen molar-refractivity contribution in [2.24, 2.45) is 0 Å². The number of benzene rings is 1. The highest BCUT2D eigenvalue weighted by Crippen LogP contribution is 2.27. The summed E-state index contributed by atoms with van der Waals surface area (Å²) < 4.78 is 1.84. The van der Waals surface area contributed by atoms with Crippen LogP contribution in [0.3, 0.4) is 0 Å². The second-order valence-electron chi connectivity index (χ2n) is 6.98. The summed E-state index contributed by atoms with van der Waals surface area (Å²) in [4.78, 5) is 14.8.